The van der Waals surface area contributed by atoms with Crippen LogP contribution < -0.4 is 4.90 Å². The molecule has 1 heterocycles. The molecule has 63 heavy (non-hydrogen) atoms. The monoisotopic (exact) mass is 803 g/mol. The van der Waals surface area contributed by atoms with Crippen LogP contribution in [0.5, 0.6) is 0 Å². The Hall–Kier alpha value is -8.20. The van der Waals surface area contributed by atoms with Gasteiger partial charge in [-0.2, -0.15) is 0 Å². The summed E-state index contributed by atoms with van der Waals surface area (Å²) in [5.74, 6) is 0. The molecule has 296 valence electrons. The zero-order valence-electron chi connectivity index (χ0n) is 34.5. The van der Waals surface area contributed by atoms with Gasteiger partial charge in [-0.3, -0.25) is 0 Å². The lowest BCUT2D eigenvalue weighted by molar-refractivity contribution is 0.669. The zero-order chi connectivity index (χ0) is 41.7. The Morgan fingerprint density at radius 2 is 0.841 bits per heavy atom. The van der Waals surface area contributed by atoms with Crippen molar-refractivity contribution in [3.63, 3.8) is 0 Å². The Bertz CT molecular complexity index is 3400. The van der Waals surface area contributed by atoms with Crippen LogP contribution in [0.1, 0.15) is 22.3 Å². The van der Waals surface area contributed by atoms with Crippen molar-refractivity contribution in [2.75, 3.05) is 4.90 Å². The van der Waals surface area contributed by atoms with Gasteiger partial charge in [-0.15, -0.1) is 0 Å². The number of hydrogen-bond donors (Lipinski definition) is 0. The SMILES string of the molecule is c1ccc(-c2ccc(-c3cccc(N(c4ccccc4-c4ccc5oc6ccccc6c5c4)c4cccc5c4-c4ccccc4C5(c4ccccc4)c4ccccc4)c3)cc2)cc1. The molecule has 0 unspecified atom stereocenters. The van der Waals surface area contributed by atoms with Gasteiger partial charge >= 0.3 is 0 Å². The Labute approximate surface area is 367 Å². The second-order valence-corrected chi connectivity index (χ2v) is 16.4. The van der Waals surface area contributed by atoms with Crippen LogP contribution in [0.25, 0.3) is 66.4 Å². The third kappa shape index (κ3) is 5.95. The third-order valence-electron chi connectivity index (χ3n) is 13.0. The van der Waals surface area contributed by atoms with Crippen molar-refractivity contribution >= 4 is 39.0 Å². The summed E-state index contributed by atoms with van der Waals surface area (Å²) in [5.41, 5.74) is 19.0. The molecular formula is C61H41NO. The first kappa shape index (κ1) is 36.6. The van der Waals surface area contributed by atoms with Gasteiger partial charge < -0.3 is 9.32 Å². The van der Waals surface area contributed by atoms with Crippen molar-refractivity contribution in [1.82, 2.24) is 0 Å². The molecule has 2 nitrogen and oxygen atoms in total. The number of furan rings is 1. The molecule has 0 bridgehead atoms. The van der Waals surface area contributed by atoms with Crippen molar-refractivity contribution in [3.8, 4) is 44.5 Å². The summed E-state index contributed by atoms with van der Waals surface area (Å²) < 4.78 is 6.31. The quantitative estimate of drug-likeness (QED) is 0.152. The number of nitrogens with zero attached hydrogens (tertiary/aromatic N) is 1. The smallest absolute Gasteiger partial charge is 0.135 e. The highest BCUT2D eigenvalue weighted by atomic mass is 16.3. The highest BCUT2D eigenvalue weighted by Gasteiger charge is 2.47. The summed E-state index contributed by atoms with van der Waals surface area (Å²) in [4.78, 5) is 2.50. The summed E-state index contributed by atoms with van der Waals surface area (Å²) >= 11 is 0. The highest BCUT2D eigenvalue weighted by molar-refractivity contribution is 6.07. The van der Waals surface area contributed by atoms with Gasteiger partial charge in [0.2, 0.25) is 0 Å². The van der Waals surface area contributed by atoms with Gasteiger partial charge in [-0.25, -0.2) is 0 Å². The van der Waals surface area contributed by atoms with Gasteiger partial charge in [-0.1, -0.05) is 206 Å². The summed E-state index contributed by atoms with van der Waals surface area (Å²) in [5, 5.41) is 2.22. The standard InChI is InChI=1S/C61H41NO/c1-4-18-42(19-5-1)43-34-36-44(37-35-43)45-20-16-25-49(40-45)62(56-31-14-11-26-50(56)46-38-39-59-53(41-46)51-27-12-15-33-58(51)63-59)57-32-17-30-55-60(57)52-28-10-13-29-54(52)61(55,47-21-6-2-7-22-47)48-23-8-3-9-24-48/h1-41H. The maximum absolute atomic E-state index is 6.31. The average molecular weight is 804 g/mol. The molecule has 0 fully saturated rings. The van der Waals surface area contributed by atoms with Crippen molar-refractivity contribution < 1.29 is 4.42 Å². The minimum atomic E-state index is -0.536. The van der Waals surface area contributed by atoms with E-state index in [1.165, 1.54) is 44.5 Å². The fourth-order valence-corrected chi connectivity index (χ4v) is 10.2. The zero-order valence-corrected chi connectivity index (χ0v) is 34.5. The average Bonchev–Trinajstić information content (AvgIpc) is 3.89. The van der Waals surface area contributed by atoms with Crippen LogP contribution in [0.4, 0.5) is 17.1 Å². The fraction of sp³-hybridized carbons (Fsp3) is 0.0164. The summed E-state index contributed by atoms with van der Waals surface area (Å²) in [6, 6.07) is 90.4. The van der Waals surface area contributed by atoms with E-state index in [0.29, 0.717) is 0 Å². The molecule has 12 rings (SSSR count). The first-order chi connectivity index (χ1) is 31.3. The summed E-state index contributed by atoms with van der Waals surface area (Å²) in [7, 11) is 0. The molecule has 0 amide bonds. The lowest BCUT2D eigenvalue weighted by Gasteiger charge is -2.34. The maximum Gasteiger partial charge on any atom is 0.135 e. The highest BCUT2D eigenvalue weighted by Crippen LogP contribution is 2.60. The van der Waals surface area contributed by atoms with E-state index in [2.05, 4.69) is 241 Å². The molecule has 0 N–H and O–H groups in total. The molecule has 1 aromatic heterocycles. The second-order valence-electron chi connectivity index (χ2n) is 16.4. The largest absolute Gasteiger partial charge is 0.456 e. The molecule has 10 aromatic carbocycles. The van der Waals surface area contributed by atoms with Gasteiger partial charge in [-0.05, 0) is 98.1 Å². The minimum absolute atomic E-state index is 0.536. The molecule has 0 spiro atoms. The van der Waals surface area contributed by atoms with Gasteiger partial charge in [0.15, 0.2) is 0 Å². The molecule has 1 aliphatic carbocycles. The number of para-hydroxylation sites is 2. The molecule has 0 saturated carbocycles. The Morgan fingerprint density at radius 1 is 0.317 bits per heavy atom. The molecule has 11 aromatic rings. The maximum atomic E-state index is 6.31. The lowest BCUT2D eigenvalue weighted by Crippen LogP contribution is -2.28. The van der Waals surface area contributed by atoms with Crippen LogP contribution in [0.3, 0.4) is 0 Å². The first-order valence-electron chi connectivity index (χ1n) is 21.7. The van der Waals surface area contributed by atoms with E-state index >= 15 is 0 Å². The van der Waals surface area contributed by atoms with Crippen LogP contribution in [-0.4, -0.2) is 0 Å². The summed E-state index contributed by atoms with van der Waals surface area (Å²) in [6.45, 7) is 0. The van der Waals surface area contributed by atoms with Gasteiger partial charge in [0.25, 0.3) is 0 Å². The van der Waals surface area contributed by atoms with E-state index in [1.54, 1.807) is 0 Å². The molecule has 0 atom stereocenters. The second kappa shape index (κ2) is 15.1. The van der Waals surface area contributed by atoms with Crippen molar-refractivity contribution in [2.24, 2.45) is 0 Å². The fourth-order valence-electron chi connectivity index (χ4n) is 10.2. The van der Waals surface area contributed by atoms with E-state index in [9.17, 15) is 0 Å². The van der Waals surface area contributed by atoms with E-state index < -0.39 is 5.41 Å². The Kier molecular flexibility index (Phi) is 8.76. The third-order valence-corrected chi connectivity index (χ3v) is 13.0. The van der Waals surface area contributed by atoms with Gasteiger partial charge in [0, 0.05) is 27.6 Å². The van der Waals surface area contributed by atoms with Crippen LogP contribution in [0, 0.1) is 0 Å². The molecular weight excluding hydrogens is 763 g/mol. The van der Waals surface area contributed by atoms with Gasteiger partial charge in [0.05, 0.1) is 16.8 Å². The van der Waals surface area contributed by atoms with E-state index in [1.807, 2.05) is 12.1 Å². The minimum Gasteiger partial charge on any atom is -0.456 e. The van der Waals surface area contributed by atoms with Crippen molar-refractivity contribution in [1.29, 1.82) is 0 Å². The van der Waals surface area contributed by atoms with Gasteiger partial charge in [0.1, 0.15) is 11.2 Å². The van der Waals surface area contributed by atoms with Crippen molar-refractivity contribution in [3.05, 3.63) is 271 Å². The lowest BCUT2D eigenvalue weighted by atomic mass is 9.68. The predicted molar refractivity (Wildman–Crippen MR) is 262 cm³/mol. The topological polar surface area (TPSA) is 16.4 Å². The number of benzene rings is 10. The molecule has 1 aliphatic rings. The van der Waals surface area contributed by atoms with Crippen LogP contribution in [-0.2, 0) is 5.41 Å². The molecule has 2 heteroatoms. The first-order valence-corrected chi connectivity index (χ1v) is 21.7. The van der Waals surface area contributed by atoms with Crippen LogP contribution in [0.2, 0.25) is 0 Å². The van der Waals surface area contributed by atoms with Crippen LogP contribution in [0.15, 0.2) is 253 Å². The Morgan fingerprint density at radius 3 is 1.60 bits per heavy atom. The normalized spacial score (nSPS) is 12.6. The number of hydrogen-bond acceptors (Lipinski definition) is 2. The van der Waals surface area contributed by atoms with E-state index in [-0.39, 0.29) is 0 Å². The number of anilines is 3. The molecule has 0 aliphatic heterocycles. The number of rotatable bonds is 8. The van der Waals surface area contributed by atoms with Crippen molar-refractivity contribution in [2.45, 2.75) is 5.41 Å². The molecule has 0 radical (unpaired) electrons. The van der Waals surface area contributed by atoms with Crippen LogP contribution >= 0.6 is 0 Å². The Balaban J connectivity index is 1.11. The number of fused-ring (bicyclic) bond motifs is 6. The van der Waals surface area contributed by atoms with E-state index in [4.69, 9.17) is 4.42 Å². The molecule has 0 saturated heterocycles. The predicted octanol–water partition coefficient (Wildman–Crippen LogP) is 16.4. The van der Waals surface area contributed by atoms with E-state index in [0.717, 1.165) is 61.3 Å². The summed E-state index contributed by atoms with van der Waals surface area (Å²) in [6.07, 6.45) is 0.